The highest BCUT2D eigenvalue weighted by atomic mass is 16.5. The van der Waals surface area contributed by atoms with Crippen LogP contribution in [0, 0.1) is 0 Å². The average Bonchev–Trinajstić information content (AvgIpc) is 2.92. The van der Waals surface area contributed by atoms with Gasteiger partial charge in [0.25, 0.3) is 0 Å². The zero-order valence-corrected chi connectivity index (χ0v) is 13.1. The van der Waals surface area contributed by atoms with Crippen molar-refractivity contribution in [3.8, 4) is 0 Å². The fourth-order valence-corrected chi connectivity index (χ4v) is 4.08. The van der Waals surface area contributed by atoms with Gasteiger partial charge in [-0.1, -0.05) is 18.2 Å². The number of likely N-dealkylation sites (tertiary alicyclic amines) is 1. The standard InChI is InChI=1S/C19H24N2O/c1-5-16(17-6-2-11-20-18(17)7-1)15-21-12-3-8-19(10-13-21)9-4-14-22-19/h1-2,5-7,11H,3-4,8-10,12-15H2/t19-/m0/s1. The number of pyridine rings is 1. The number of fused-ring (bicyclic) bond motifs is 1. The Labute approximate surface area is 132 Å². The fraction of sp³-hybridized carbons (Fsp3) is 0.526. The molecule has 1 spiro atoms. The van der Waals surface area contributed by atoms with Crippen LogP contribution >= 0.6 is 0 Å². The molecule has 0 unspecified atom stereocenters. The Kier molecular flexibility index (Phi) is 3.85. The van der Waals surface area contributed by atoms with Crippen molar-refractivity contribution in [3.63, 3.8) is 0 Å². The van der Waals surface area contributed by atoms with E-state index in [0.29, 0.717) is 0 Å². The van der Waals surface area contributed by atoms with E-state index in [1.165, 1.54) is 49.6 Å². The van der Waals surface area contributed by atoms with Gasteiger partial charge in [-0.25, -0.2) is 0 Å². The van der Waals surface area contributed by atoms with Gasteiger partial charge in [-0.15, -0.1) is 0 Å². The van der Waals surface area contributed by atoms with Crippen molar-refractivity contribution in [3.05, 3.63) is 42.1 Å². The number of benzene rings is 1. The number of hydrogen-bond acceptors (Lipinski definition) is 3. The summed E-state index contributed by atoms with van der Waals surface area (Å²) in [6, 6.07) is 10.7. The van der Waals surface area contributed by atoms with Gasteiger partial charge in [0, 0.05) is 31.3 Å². The normalized spacial score (nSPS) is 26.5. The Hall–Kier alpha value is -1.45. The Morgan fingerprint density at radius 2 is 2.00 bits per heavy atom. The van der Waals surface area contributed by atoms with Crippen molar-refractivity contribution < 1.29 is 4.74 Å². The van der Waals surface area contributed by atoms with Gasteiger partial charge >= 0.3 is 0 Å². The molecule has 0 bridgehead atoms. The van der Waals surface area contributed by atoms with Gasteiger partial charge in [0.2, 0.25) is 0 Å². The largest absolute Gasteiger partial charge is 0.375 e. The van der Waals surface area contributed by atoms with Gasteiger partial charge in [-0.2, -0.15) is 0 Å². The molecule has 0 N–H and O–H groups in total. The second-order valence-electron chi connectivity index (χ2n) is 6.75. The Morgan fingerprint density at radius 1 is 1.05 bits per heavy atom. The SMILES string of the molecule is c1cc(CN2CCC[C@]3(CCCO3)CC2)c2cccnc2c1. The van der Waals surface area contributed by atoms with Crippen LogP contribution in [0.4, 0.5) is 0 Å². The lowest BCUT2D eigenvalue weighted by Crippen LogP contribution is -2.30. The predicted octanol–water partition coefficient (Wildman–Crippen LogP) is 3.77. The molecule has 1 atom stereocenters. The summed E-state index contributed by atoms with van der Waals surface area (Å²) in [6.07, 6.45) is 8.06. The minimum absolute atomic E-state index is 0.203. The van der Waals surface area contributed by atoms with E-state index in [0.717, 1.165) is 25.2 Å². The first-order valence-electron chi connectivity index (χ1n) is 8.54. The molecular formula is C19H24N2O. The molecule has 0 saturated carbocycles. The third-order valence-corrected chi connectivity index (χ3v) is 5.31. The lowest BCUT2D eigenvalue weighted by atomic mass is 9.92. The van der Waals surface area contributed by atoms with Crippen LogP contribution in [-0.4, -0.2) is 35.2 Å². The summed E-state index contributed by atoms with van der Waals surface area (Å²) in [5.41, 5.74) is 2.70. The van der Waals surface area contributed by atoms with Gasteiger partial charge in [0.1, 0.15) is 0 Å². The van der Waals surface area contributed by atoms with E-state index < -0.39 is 0 Å². The summed E-state index contributed by atoms with van der Waals surface area (Å²) in [5, 5.41) is 1.29. The van der Waals surface area contributed by atoms with Crippen LogP contribution < -0.4 is 0 Å². The van der Waals surface area contributed by atoms with Crippen LogP contribution in [0.1, 0.15) is 37.7 Å². The zero-order valence-electron chi connectivity index (χ0n) is 13.1. The smallest absolute Gasteiger partial charge is 0.0705 e. The lowest BCUT2D eigenvalue weighted by Gasteiger charge is -2.27. The summed E-state index contributed by atoms with van der Waals surface area (Å²) in [4.78, 5) is 7.07. The first kappa shape index (κ1) is 14.2. The van der Waals surface area contributed by atoms with E-state index >= 15 is 0 Å². The summed E-state index contributed by atoms with van der Waals surface area (Å²) >= 11 is 0. The molecule has 0 radical (unpaired) electrons. The van der Waals surface area contributed by atoms with E-state index in [9.17, 15) is 0 Å². The summed E-state index contributed by atoms with van der Waals surface area (Å²) < 4.78 is 6.09. The minimum atomic E-state index is 0.203. The van der Waals surface area contributed by atoms with Crippen molar-refractivity contribution in [1.29, 1.82) is 0 Å². The molecule has 3 heteroatoms. The monoisotopic (exact) mass is 296 g/mol. The number of aromatic nitrogens is 1. The first-order valence-corrected chi connectivity index (χ1v) is 8.54. The van der Waals surface area contributed by atoms with Crippen LogP contribution in [0.5, 0.6) is 0 Å². The van der Waals surface area contributed by atoms with E-state index in [1.807, 2.05) is 12.3 Å². The van der Waals surface area contributed by atoms with Crippen LogP contribution in [0.2, 0.25) is 0 Å². The van der Waals surface area contributed by atoms with Crippen LogP contribution in [-0.2, 0) is 11.3 Å². The number of ether oxygens (including phenoxy) is 1. The maximum Gasteiger partial charge on any atom is 0.0705 e. The molecule has 2 aliphatic heterocycles. The van der Waals surface area contributed by atoms with Gasteiger partial charge in [0.05, 0.1) is 11.1 Å². The molecule has 0 aliphatic carbocycles. The summed E-state index contributed by atoms with van der Waals surface area (Å²) in [5.74, 6) is 0. The van der Waals surface area contributed by atoms with E-state index in [-0.39, 0.29) is 5.60 Å². The van der Waals surface area contributed by atoms with Crippen molar-refractivity contribution in [2.45, 2.75) is 44.2 Å². The summed E-state index contributed by atoms with van der Waals surface area (Å²) in [6.45, 7) is 4.33. The van der Waals surface area contributed by atoms with Gasteiger partial charge in [-0.3, -0.25) is 9.88 Å². The highest BCUT2D eigenvalue weighted by molar-refractivity contribution is 5.81. The molecule has 4 rings (SSSR count). The molecule has 2 saturated heterocycles. The molecule has 2 aromatic rings. The Balaban J connectivity index is 1.51. The minimum Gasteiger partial charge on any atom is -0.375 e. The van der Waals surface area contributed by atoms with Gasteiger partial charge in [-0.05, 0) is 56.3 Å². The van der Waals surface area contributed by atoms with Crippen LogP contribution in [0.15, 0.2) is 36.5 Å². The predicted molar refractivity (Wildman–Crippen MR) is 88.8 cm³/mol. The van der Waals surface area contributed by atoms with Gasteiger partial charge < -0.3 is 4.74 Å². The Bertz CT molecular complexity index is 643. The maximum absolute atomic E-state index is 6.09. The first-order chi connectivity index (χ1) is 10.8. The molecule has 3 nitrogen and oxygen atoms in total. The van der Waals surface area contributed by atoms with E-state index in [2.05, 4.69) is 34.1 Å². The number of hydrogen-bond donors (Lipinski definition) is 0. The molecule has 0 amide bonds. The zero-order chi connectivity index (χ0) is 14.8. The Morgan fingerprint density at radius 3 is 2.91 bits per heavy atom. The van der Waals surface area contributed by atoms with E-state index in [4.69, 9.17) is 4.74 Å². The molecule has 3 heterocycles. The second-order valence-corrected chi connectivity index (χ2v) is 6.75. The average molecular weight is 296 g/mol. The molecule has 116 valence electrons. The highest BCUT2D eigenvalue weighted by Crippen LogP contribution is 2.36. The van der Waals surface area contributed by atoms with Crippen molar-refractivity contribution in [2.75, 3.05) is 19.7 Å². The van der Waals surface area contributed by atoms with Crippen molar-refractivity contribution >= 4 is 10.9 Å². The quantitative estimate of drug-likeness (QED) is 0.843. The van der Waals surface area contributed by atoms with Crippen molar-refractivity contribution in [1.82, 2.24) is 9.88 Å². The lowest BCUT2D eigenvalue weighted by molar-refractivity contribution is -0.00737. The van der Waals surface area contributed by atoms with E-state index in [1.54, 1.807) is 0 Å². The topological polar surface area (TPSA) is 25.4 Å². The highest BCUT2D eigenvalue weighted by Gasteiger charge is 2.36. The third kappa shape index (κ3) is 2.75. The molecular weight excluding hydrogens is 272 g/mol. The molecule has 1 aromatic heterocycles. The summed E-state index contributed by atoms with van der Waals surface area (Å²) in [7, 11) is 0. The van der Waals surface area contributed by atoms with Crippen molar-refractivity contribution in [2.24, 2.45) is 0 Å². The fourth-order valence-electron chi connectivity index (χ4n) is 4.08. The molecule has 2 fully saturated rings. The molecule has 1 aromatic carbocycles. The second kappa shape index (κ2) is 5.98. The number of rotatable bonds is 2. The number of nitrogens with zero attached hydrogens (tertiary/aromatic N) is 2. The van der Waals surface area contributed by atoms with Crippen LogP contribution in [0.3, 0.4) is 0 Å². The third-order valence-electron chi connectivity index (χ3n) is 5.31. The van der Waals surface area contributed by atoms with Crippen LogP contribution in [0.25, 0.3) is 10.9 Å². The molecule has 22 heavy (non-hydrogen) atoms. The maximum atomic E-state index is 6.09. The molecule has 2 aliphatic rings. The van der Waals surface area contributed by atoms with Gasteiger partial charge in [0.15, 0.2) is 0 Å².